The molecule has 1 fully saturated rings. The number of nitrogens with one attached hydrogen (secondary N) is 5. The van der Waals surface area contributed by atoms with Crippen LogP contribution in [0.3, 0.4) is 0 Å². The van der Waals surface area contributed by atoms with Crippen LogP contribution in [-0.4, -0.2) is 195 Å². The summed E-state index contributed by atoms with van der Waals surface area (Å²) in [6.07, 6.45) is 2.19. The zero-order chi connectivity index (χ0) is 78.9. The number of carbonyl (C=O) groups is 9. The SMILES string of the molecule is CCCc1cc2c(cc1C)C(c1ccccc1C(=O)N(C)CCCC(=O)NC(CCCSSCCC(=O)NCC#Cc1cn([C@H]3CC(O)[C@@H](COP(=O)(O)OP(=O)(O)OP(=O)(O)O)O3)c(=O)nc1N)C(=O)NCCCCCC(=O)NC(CC(=O)O)C(=O)NC(CC(=O)O)C(=O)O)C1C=C(C)C(=NCC)C=C1O2. The fourth-order valence-electron chi connectivity index (χ4n) is 11.5. The number of aliphatic hydroxyl groups is 1. The Morgan fingerprint density at radius 1 is 0.813 bits per heavy atom. The number of unbranched alkanes of at least 4 members (excludes halogenated alkanes) is 2. The van der Waals surface area contributed by atoms with E-state index in [9.17, 15) is 86.7 Å². The van der Waals surface area contributed by atoms with Crippen LogP contribution in [0.4, 0.5) is 5.82 Å². The normalized spacial score (nSPS) is 19.0. The molecule has 0 saturated carbocycles. The number of aromatic nitrogens is 2. The first kappa shape index (κ1) is 87.8. The smallest absolute Gasteiger partial charge is 0.481 e. The van der Waals surface area contributed by atoms with Crippen molar-refractivity contribution in [1.29, 1.82) is 0 Å². The van der Waals surface area contributed by atoms with E-state index in [1.807, 2.05) is 43.4 Å². The largest absolute Gasteiger partial charge is 0.490 e. The molecule has 1 saturated heterocycles. The monoisotopic (exact) mass is 1590 g/mol. The topological polar surface area (TPSA) is 549 Å². The van der Waals surface area contributed by atoms with Gasteiger partial charge < -0.3 is 86.7 Å². The maximum absolute atomic E-state index is 14.6. The van der Waals surface area contributed by atoms with Crippen molar-refractivity contribution < 1.29 is 119 Å². The van der Waals surface area contributed by atoms with Crippen molar-refractivity contribution >= 4 is 110 Å². The van der Waals surface area contributed by atoms with Gasteiger partial charge in [0, 0.05) is 99.1 Å². The minimum Gasteiger partial charge on any atom is -0.481 e. The zero-order valence-electron chi connectivity index (χ0n) is 59.1. The second-order valence-corrected chi connectivity index (χ2v) is 32.1. The van der Waals surface area contributed by atoms with E-state index in [4.69, 9.17) is 35.1 Å². The molecule has 0 bridgehead atoms. The van der Waals surface area contributed by atoms with Crippen LogP contribution < -0.4 is 42.7 Å². The summed E-state index contributed by atoms with van der Waals surface area (Å²) in [5.74, 6) is -1.44. The van der Waals surface area contributed by atoms with E-state index in [1.54, 1.807) is 18.0 Å². The summed E-state index contributed by atoms with van der Waals surface area (Å²) in [6.45, 7) is 7.90. The first-order chi connectivity index (χ1) is 50.5. The quantitative estimate of drug-likeness (QED) is 0.0163. The number of aliphatic carboxylic acids is 3. The van der Waals surface area contributed by atoms with Crippen molar-refractivity contribution in [3.63, 3.8) is 0 Å². The van der Waals surface area contributed by atoms with Gasteiger partial charge >= 0.3 is 47.1 Å². The standard InChI is InChI=1S/C66H89N10O26P3S2/c1-6-16-40-31-51-44(29-38(40)3)60(45-30-39(4)47(68-7-2)32-52(45)99-51)42-18-10-11-19-43(42)64(87)75(5)26-14-22-56(80)71-46(62(85)70-24-12-8-9-21-55(79)72-48(33-58(81)82)63(86)73-49(65(88)89)34-59(83)84)20-15-27-106-107-28-23-54(78)69-25-13-17-41-36-76(66(90)74-61(41)67)57-35-50(77)53(100-57)37-98-104(94,95)102-105(96,97)101-103(91,92)93/h10-11,18-19,29-32,36,45-46,48-50,53,57,60,77H,6-9,12,14-16,20-28,33-35,37H2,1-5H3,(H,69,78)(H,70,85)(H,71,80)(H,72,79)(H,73,86)(H,81,82)(H,83,84)(H,88,89)(H,94,95)(H,96,97)(H2,67,74,90)(H2,91,92,93)/t45?,46?,48?,49?,50?,53-,57-,60?/m1/s1. The molecule has 107 heavy (non-hydrogen) atoms. The number of aliphatic hydroxyl groups excluding tert-OH is 1. The number of anilines is 1. The molecule has 1 aromatic heterocycles. The third kappa shape index (κ3) is 28.1. The van der Waals surface area contributed by atoms with Crippen LogP contribution in [-0.2, 0) is 76.4 Å². The summed E-state index contributed by atoms with van der Waals surface area (Å²) < 4.78 is 59.8. The number of aliphatic imine (C=N–C) groups is 1. The van der Waals surface area contributed by atoms with Gasteiger partial charge in [-0.3, -0.25) is 52.4 Å². The van der Waals surface area contributed by atoms with Crippen molar-refractivity contribution in [2.75, 3.05) is 57.1 Å². The number of rotatable bonds is 42. The highest BCUT2D eigenvalue weighted by Crippen LogP contribution is 2.66. The van der Waals surface area contributed by atoms with Crippen LogP contribution in [0.1, 0.15) is 155 Å². The first-order valence-corrected chi connectivity index (χ1v) is 40.9. The van der Waals surface area contributed by atoms with Gasteiger partial charge in [0.2, 0.25) is 29.5 Å². The average Bonchev–Trinajstić information content (AvgIpc) is 1.01. The second kappa shape index (κ2) is 41.5. The van der Waals surface area contributed by atoms with Crippen molar-refractivity contribution in [2.24, 2.45) is 10.9 Å². The molecule has 0 spiro atoms. The summed E-state index contributed by atoms with van der Waals surface area (Å²) in [4.78, 5) is 174. The Bertz CT molecular complexity index is 4140. The maximum atomic E-state index is 14.6. The number of nitrogens with zero attached hydrogens (tertiary/aromatic N) is 4. The molecular formula is C66H89N10O26P3S2. The summed E-state index contributed by atoms with van der Waals surface area (Å²) in [5, 5.41) is 50.7. The number of phosphoric ester groups is 1. The number of allylic oxidation sites excluding steroid dienone is 3. The van der Waals surface area contributed by atoms with Gasteiger partial charge in [-0.05, 0) is 93.7 Å². The van der Waals surface area contributed by atoms with Crippen LogP contribution in [0.15, 0.2) is 75.9 Å². The van der Waals surface area contributed by atoms with Crippen molar-refractivity contribution in [3.8, 4) is 17.6 Å². The van der Waals surface area contributed by atoms with E-state index in [2.05, 4.69) is 83.3 Å². The van der Waals surface area contributed by atoms with Crippen LogP contribution >= 0.6 is 45.1 Å². The van der Waals surface area contributed by atoms with Crippen molar-refractivity contribution in [3.05, 3.63) is 110 Å². The molecule has 3 heterocycles. The number of ether oxygens (including phenoxy) is 2. The van der Waals surface area contributed by atoms with Gasteiger partial charge in [-0.2, -0.15) is 13.6 Å². The Kier molecular flexibility index (Phi) is 34.0. The molecular weight excluding hydrogens is 1510 g/mol. The zero-order valence-corrected chi connectivity index (χ0v) is 63.4. The fourth-order valence-corrected chi connectivity index (χ4v) is 16.7. The lowest BCUT2D eigenvalue weighted by molar-refractivity contribution is -0.148. The van der Waals surface area contributed by atoms with Crippen LogP contribution in [0.25, 0.3) is 0 Å². The number of nitrogens with two attached hydrogens (primary N) is 1. The van der Waals surface area contributed by atoms with Gasteiger partial charge in [0.1, 0.15) is 47.8 Å². The second-order valence-electron chi connectivity index (χ2n) is 24.9. The molecule has 15 N–H and O–H groups in total. The van der Waals surface area contributed by atoms with Gasteiger partial charge in [0.05, 0.1) is 43.4 Å². The number of benzene rings is 2. The third-order valence-electron chi connectivity index (χ3n) is 16.6. The van der Waals surface area contributed by atoms with Gasteiger partial charge in [-0.1, -0.05) is 83.5 Å². The van der Waals surface area contributed by atoms with E-state index in [0.29, 0.717) is 42.9 Å². The summed E-state index contributed by atoms with van der Waals surface area (Å²) in [6, 6.07) is 7.15. The molecule has 2 aromatic carbocycles. The number of hydrogen-bond donors (Lipinski definition) is 14. The Morgan fingerprint density at radius 2 is 1.50 bits per heavy atom. The number of amides is 6. The maximum Gasteiger partial charge on any atom is 0.490 e. The van der Waals surface area contributed by atoms with E-state index < -0.39 is 127 Å². The number of carboxylic acid groups (broad SMARTS) is 3. The number of carbonyl (C=O) groups excluding carboxylic acids is 6. The highest BCUT2D eigenvalue weighted by Gasteiger charge is 2.44. The molecule has 3 aromatic rings. The first-order valence-electron chi connectivity index (χ1n) is 33.9. The van der Waals surface area contributed by atoms with E-state index in [1.165, 1.54) is 27.2 Å². The highest BCUT2D eigenvalue weighted by atomic mass is 33.1. The van der Waals surface area contributed by atoms with E-state index >= 15 is 0 Å². The molecule has 36 nitrogen and oxygen atoms in total. The lowest BCUT2D eigenvalue weighted by atomic mass is 9.72. The predicted molar refractivity (Wildman–Crippen MR) is 389 cm³/mol. The minimum absolute atomic E-state index is 0.00197. The number of hydrogen-bond acceptors (Lipinski definition) is 24. The van der Waals surface area contributed by atoms with Gasteiger partial charge in [0.25, 0.3) is 5.91 Å². The van der Waals surface area contributed by atoms with Crippen molar-refractivity contribution in [2.45, 2.75) is 160 Å². The Labute approximate surface area is 623 Å². The molecule has 586 valence electrons. The Hall–Kier alpha value is -8.11. The van der Waals surface area contributed by atoms with Crippen LogP contribution in [0, 0.1) is 24.7 Å². The van der Waals surface area contributed by atoms with Crippen LogP contribution in [0.5, 0.6) is 5.75 Å². The number of nitrogen functional groups attached to an aromatic ring is 1. The molecule has 6 amide bonds. The lowest BCUT2D eigenvalue weighted by Gasteiger charge is -2.38. The molecule has 0 radical (unpaired) electrons. The molecule has 8 unspecified atom stereocenters. The fraction of sp³-hybridized carbons (Fsp3) is 0.515. The number of carboxylic acids is 3. The summed E-state index contributed by atoms with van der Waals surface area (Å²) >= 11 is 0. The molecule has 10 atom stereocenters. The molecule has 2 aliphatic heterocycles. The molecule has 41 heteroatoms. The number of phosphoric acid groups is 3. The van der Waals surface area contributed by atoms with Crippen LogP contribution in [0.2, 0.25) is 0 Å². The minimum atomic E-state index is -5.83. The Balaban J connectivity index is 1.02. The number of fused-ring (bicyclic) bond motifs is 2. The van der Waals surface area contributed by atoms with Gasteiger partial charge in [-0.25, -0.2) is 23.3 Å². The molecule has 1 aliphatic carbocycles. The molecule has 3 aliphatic rings. The van der Waals surface area contributed by atoms with E-state index in [0.717, 1.165) is 63.1 Å². The summed E-state index contributed by atoms with van der Waals surface area (Å²) in [7, 11) is -12.6. The Morgan fingerprint density at radius 3 is 2.18 bits per heavy atom. The predicted octanol–water partition coefficient (Wildman–Crippen LogP) is 4.26. The molecule has 6 rings (SSSR count). The van der Waals surface area contributed by atoms with Gasteiger partial charge in [0.15, 0.2) is 0 Å². The summed E-state index contributed by atoms with van der Waals surface area (Å²) in [5.41, 5.74) is 11.4. The van der Waals surface area contributed by atoms with Crippen molar-refractivity contribution in [1.82, 2.24) is 41.0 Å². The van der Waals surface area contributed by atoms with Gasteiger partial charge in [-0.15, -0.1) is 0 Å². The van der Waals surface area contributed by atoms with E-state index in [-0.39, 0.29) is 99.6 Å². The average molecular weight is 1600 g/mol. The number of aryl methyl sites for hydroxylation is 2. The third-order valence-corrected chi connectivity index (χ3v) is 22.9. The highest BCUT2D eigenvalue weighted by molar-refractivity contribution is 8.76. The lowest BCUT2D eigenvalue weighted by Crippen LogP contribution is -2.52.